The molecule has 0 aromatic heterocycles. The van der Waals surface area contributed by atoms with Crippen LogP contribution in [-0.4, -0.2) is 51.3 Å². The Bertz CT molecular complexity index is 743. The number of rotatable bonds is 3. The molecule has 25 heavy (non-hydrogen) atoms. The predicted octanol–water partition coefficient (Wildman–Crippen LogP) is 2.98. The molecule has 2 aliphatic rings. The zero-order valence-corrected chi connectivity index (χ0v) is 14.6. The number of halogens is 1. The number of hydrogen-bond acceptors (Lipinski definition) is 4. The largest absolute Gasteiger partial charge is 0.490 e. The van der Waals surface area contributed by atoms with Crippen molar-refractivity contribution in [1.82, 2.24) is 4.90 Å². The molecular weight excluding hydrogens is 317 g/mol. The summed E-state index contributed by atoms with van der Waals surface area (Å²) in [5.74, 6) is 0.784. The Morgan fingerprint density at radius 1 is 0.960 bits per heavy atom. The van der Waals surface area contributed by atoms with Gasteiger partial charge >= 0.3 is 0 Å². The summed E-state index contributed by atoms with van der Waals surface area (Å²) >= 11 is 0. The lowest BCUT2D eigenvalue weighted by molar-refractivity contribution is 0.307. The maximum Gasteiger partial charge on any atom is 0.146 e. The topological polar surface area (TPSA) is 19.0 Å². The number of anilines is 2. The number of likely N-dealkylation sites (N-methyl/N-ethyl adjacent to an activating group) is 1. The Balaban J connectivity index is 1.50. The molecule has 1 fully saturated rings. The average Bonchev–Trinajstić information content (AvgIpc) is 2.63. The molecule has 4 nitrogen and oxygen atoms in total. The monoisotopic (exact) mass is 341 g/mol. The van der Waals surface area contributed by atoms with E-state index in [0.717, 1.165) is 55.4 Å². The van der Waals surface area contributed by atoms with Crippen molar-refractivity contribution in [3.05, 3.63) is 53.8 Å². The number of benzene rings is 2. The van der Waals surface area contributed by atoms with Crippen LogP contribution in [0.1, 0.15) is 5.56 Å². The molecule has 0 bridgehead atoms. The van der Waals surface area contributed by atoms with Gasteiger partial charge in [0.1, 0.15) is 18.2 Å². The van der Waals surface area contributed by atoms with E-state index in [0.29, 0.717) is 13.2 Å². The number of nitrogens with zero attached hydrogens (tertiary/aromatic N) is 3. The molecule has 4 rings (SSSR count). The fourth-order valence-corrected chi connectivity index (χ4v) is 3.56. The molecule has 0 saturated carbocycles. The fraction of sp³-hybridized carbons (Fsp3) is 0.400. The van der Waals surface area contributed by atoms with Gasteiger partial charge in [-0.15, -0.1) is 0 Å². The van der Waals surface area contributed by atoms with Gasteiger partial charge in [0, 0.05) is 32.7 Å². The lowest BCUT2D eigenvalue weighted by Crippen LogP contribution is -2.44. The van der Waals surface area contributed by atoms with Crippen molar-refractivity contribution >= 4 is 11.4 Å². The first kappa shape index (κ1) is 16.2. The summed E-state index contributed by atoms with van der Waals surface area (Å²) in [5, 5.41) is 0. The molecule has 1 saturated heterocycles. The van der Waals surface area contributed by atoms with E-state index < -0.39 is 0 Å². The van der Waals surface area contributed by atoms with Gasteiger partial charge in [0.2, 0.25) is 0 Å². The molecule has 0 aliphatic carbocycles. The minimum absolute atomic E-state index is 0.122. The van der Waals surface area contributed by atoms with Crippen LogP contribution in [0.2, 0.25) is 0 Å². The van der Waals surface area contributed by atoms with Gasteiger partial charge in [0.05, 0.1) is 17.9 Å². The van der Waals surface area contributed by atoms with Crippen molar-refractivity contribution in [2.75, 3.05) is 56.2 Å². The molecule has 2 aromatic rings. The minimum atomic E-state index is -0.122. The van der Waals surface area contributed by atoms with E-state index in [1.165, 1.54) is 0 Å². The normalized spacial score (nSPS) is 18.0. The molecule has 132 valence electrons. The number of hydrogen-bond donors (Lipinski definition) is 0. The molecule has 0 spiro atoms. The Morgan fingerprint density at radius 3 is 2.56 bits per heavy atom. The molecule has 0 unspecified atom stereocenters. The highest BCUT2D eigenvalue weighted by atomic mass is 19.1. The second-order valence-corrected chi connectivity index (χ2v) is 6.81. The van der Waals surface area contributed by atoms with Gasteiger partial charge in [-0.25, -0.2) is 4.39 Å². The summed E-state index contributed by atoms with van der Waals surface area (Å²) in [4.78, 5) is 6.67. The maximum absolute atomic E-state index is 14.7. The minimum Gasteiger partial charge on any atom is -0.490 e. The number of fused-ring (bicyclic) bond motifs is 1. The molecule has 0 amide bonds. The van der Waals surface area contributed by atoms with Crippen molar-refractivity contribution in [1.29, 1.82) is 0 Å². The smallest absolute Gasteiger partial charge is 0.146 e. The molecule has 2 aliphatic heterocycles. The van der Waals surface area contributed by atoms with Gasteiger partial charge in [0.25, 0.3) is 0 Å². The summed E-state index contributed by atoms with van der Waals surface area (Å²) in [6.07, 6.45) is 0. The van der Waals surface area contributed by atoms with Crippen molar-refractivity contribution in [2.45, 2.75) is 6.54 Å². The summed E-state index contributed by atoms with van der Waals surface area (Å²) < 4.78 is 20.4. The van der Waals surface area contributed by atoms with Crippen LogP contribution in [0.15, 0.2) is 42.5 Å². The number of ether oxygens (including phenoxy) is 1. The van der Waals surface area contributed by atoms with Gasteiger partial charge < -0.3 is 19.4 Å². The third-order valence-corrected chi connectivity index (χ3v) is 5.05. The van der Waals surface area contributed by atoms with Gasteiger partial charge in [-0.05, 0) is 36.9 Å². The second kappa shape index (κ2) is 6.92. The van der Waals surface area contributed by atoms with E-state index >= 15 is 0 Å². The first-order valence-corrected chi connectivity index (χ1v) is 8.89. The summed E-state index contributed by atoms with van der Waals surface area (Å²) in [7, 11) is 2.11. The third kappa shape index (κ3) is 3.42. The molecular formula is C20H24FN3O. The molecule has 0 N–H and O–H groups in total. The zero-order valence-electron chi connectivity index (χ0n) is 14.6. The summed E-state index contributed by atoms with van der Waals surface area (Å²) in [6.45, 7) is 5.89. The highest BCUT2D eigenvalue weighted by Gasteiger charge is 2.20. The predicted molar refractivity (Wildman–Crippen MR) is 99.1 cm³/mol. The van der Waals surface area contributed by atoms with Crippen LogP contribution >= 0.6 is 0 Å². The van der Waals surface area contributed by atoms with E-state index in [2.05, 4.69) is 33.9 Å². The standard InChI is InChI=1S/C20H24FN3O/c1-22-8-10-23(11-9-22)18-7-6-16(14-17(18)21)15-24-12-13-25-20-5-3-2-4-19(20)24/h2-7,14H,8-13,15H2,1H3. The van der Waals surface area contributed by atoms with Crippen LogP contribution < -0.4 is 14.5 Å². The number of piperazine rings is 1. The van der Waals surface area contributed by atoms with E-state index in [1.54, 1.807) is 6.07 Å². The van der Waals surface area contributed by atoms with Crippen LogP contribution in [-0.2, 0) is 6.54 Å². The van der Waals surface area contributed by atoms with E-state index in [1.807, 2.05) is 24.3 Å². The first-order valence-electron chi connectivity index (χ1n) is 8.89. The highest BCUT2D eigenvalue weighted by Crippen LogP contribution is 2.32. The second-order valence-electron chi connectivity index (χ2n) is 6.81. The molecule has 0 radical (unpaired) electrons. The van der Waals surface area contributed by atoms with Crippen molar-refractivity contribution in [2.24, 2.45) is 0 Å². The van der Waals surface area contributed by atoms with E-state index in [9.17, 15) is 4.39 Å². The zero-order chi connectivity index (χ0) is 17.2. The van der Waals surface area contributed by atoms with Crippen LogP contribution in [0.3, 0.4) is 0 Å². The third-order valence-electron chi connectivity index (χ3n) is 5.05. The quantitative estimate of drug-likeness (QED) is 0.854. The first-order chi connectivity index (χ1) is 12.2. The van der Waals surface area contributed by atoms with Crippen molar-refractivity contribution < 1.29 is 9.13 Å². The Labute approximate surface area is 148 Å². The van der Waals surface area contributed by atoms with Gasteiger partial charge in [0.15, 0.2) is 0 Å². The Kier molecular flexibility index (Phi) is 4.49. The number of para-hydroxylation sites is 2. The summed E-state index contributed by atoms with van der Waals surface area (Å²) in [6, 6.07) is 13.7. The average molecular weight is 341 g/mol. The highest BCUT2D eigenvalue weighted by molar-refractivity contribution is 5.60. The SMILES string of the molecule is CN1CCN(c2ccc(CN3CCOc4ccccc43)cc2F)CC1. The lowest BCUT2D eigenvalue weighted by atomic mass is 10.1. The van der Waals surface area contributed by atoms with E-state index in [4.69, 9.17) is 4.74 Å². The lowest BCUT2D eigenvalue weighted by Gasteiger charge is -2.34. The Hall–Kier alpha value is -2.27. The molecule has 0 atom stereocenters. The van der Waals surface area contributed by atoms with E-state index in [-0.39, 0.29) is 5.82 Å². The van der Waals surface area contributed by atoms with Crippen LogP contribution in [0.4, 0.5) is 15.8 Å². The molecule has 2 aromatic carbocycles. The van der Waals surface area contributed by atoms with Gasteiger partial charge in [-0.1, -0.05) is 18.2 Å². The fourth-order valence-electron chi connectivity index (χ4n) is 3.56. The Morgan fingerprint density at radius 2 is 1.76 bits per heavy atom. The van der Waals surface area contributed by atoms with Crippen molar-refractivity contribution in [3.63, 3.8) is 0 Å². The van der Waals surface area contributed by atoms with Gasteiger partial charge in [-0.2, -0.15) is 0 Å². The molecule has 5 heteroatoms. The van der Waals surface area contributed by atoms with Crippen LogP contribution in [0, 0.1) is 5.82 Å². The molecule has 2 heterocycles. The van der Waals surface area contributed by atoms with Crippen LogP contribution in [0.5, 0.6) is 5.75 Å². The summed E-state index contributed by atoms with van der Waals surface area (Å²) in [5.41, 5.74) is 2.80. The van der Waals surface area contributed by atoms with Crippen molar-refractivity contribution in [3.8, 4) is 5.75 Å². The van der Waals surface area contributed by atoms with Gasteiger partial charge in [-0.3, -0.25) is 0 Å². The van der Waals surface area contributed by atoms with Crippen LogP contribution in [0.25, 0.3) is 0 Å². The maximum atomic E-state index is 14.7.